The second-order valence-electron chi connectivity index (χ2n) is 5.42. The molecule has 0 aromatic carbocycles. The molecule has 3 unspecified atom stereocenters. The van der Waals surface area contributed by atoms with Crippen LogP contribution in [-0.4, -0.2) is 0 Å². The van der Waals surface area contributed by atoms with E-state index >= 15 is 0 Å². The molecular formula is C15H32. The highest BCUT2D eigenvalue weighted by Crippen LogP contribution is 2.28. The summed E-state index contributed by atoms with van der Waals surface area (Å²) in [4.78, 5) is 0. The molecule has 0 bridgehead atoms. The van der Waals surface area contributed by atoms with Gasteiger partial charge in [-0.2, -0.15) is 0 Å². The molecule has 0 saturated carbocycles. The van der Waals surface area contributed by atoms with Gasteiger partial charge in [-0.25, -0.2) is 0 Å². The normalized spacial score (nSPS) is 17.4. The van der Waals surface area contributed by atoms with E-state index in [1.54, 1.807) is 0 Å². The smallest absolute Gasteiger partial charge is 0.0391 e. The Hall–Kier alpha value is 0. The molecule has 0 aliphatic rings. The van der Waals surface area contributed by atoms with Crippen molar-refractivity contribution in [2.24, 2.45) is 17.8 Å². The zero-order valence-electron chi connectivity index (χ0n) is 11.7. The molecular weight excluding hydrogens is 180 g/mol. The number of unbranched alkanes of at least 4 members (excludes halogenated alkanes) is 1. The molecule has 3 atom stereocenters. The van der Waals surface area contributed by atoms with Gasteiger partial charge in [0.1, 0.15) is 0 Å². The highest BCUT2D eigenvalue weighted by Gasteiger charge is 2.17. The molecule has 0 nitrogen and oxygen atoms in total. The van der Waals surface area contributed by atoms with E-state index < -0.39 is 0 Å². The number of rotatable bonds is 9. The van der Waals surface area contributed by atoms with Crippen molar-refractivity contribution in [1.82, 2.24) is 0 Å². The Labute approximate surface area is 97.8 Å². The maximum absolute atomic E-state index is 2.47. The van der Waals surface area contributed by atoms with E-state index in [9.17, 15) is 0 Å². The third kappa shape index (κ3) is 6.98. The van der Waals surface area contributed by atoms with E-state index in [1.807, 2.05) is 0 Å². The summed E-state index contributed by atoms with van der Waals surface area (Å²) in [5.41, 5.74) is 0. The van der Waals surface area contributed by atoms with Crippen molar-refractivity contribution >= 4 is 0 Å². The summed E-state index contributed by atoms with van der Waals surface area (Å²) >= 11 is 0. The van der Waals surface area contributed by atoms with Crippen LogP contribution in [0.4, 0.5) is 0 Å². The first-order valence-electron chi connectivity index (χ1n) is 7.15. The Morgan fingerprint density at radius 2 is 1.53 bits per heavy atom. The molecule has 0 N–H and O–H groups in total. The molecule has 0 radical (unpaired) electrons. The summed E-state index contributed by atoms with van der Waals surface area (Å²) in [5.74, 6) is 2.84. The number of hydrogen-bond acceptors (Lipinski definition) is 0. The van der Waals surface area contributed by atoms with Crippen molar-refractivity contribution in [2.45, 2.75) is 79.6 Å². The predicted octanol–water partition coefficient (Wildman–Crippen LogP) is 5.67. The molecule has 0 spiro atoms. The van der Waals surface area contributed by atoms with Crippen LogP contribution < -0.4 is 0 Å². The topological polar surface area (TPSA) is 0 Å². The van der Waals surface area contributed by atoms with E-state index in [-0.39, 0.29) is 0 Å². The Morgan fingerprint density at radius 3 is 2.00 bits per heavy atom. The monoisotopic (exact) mass is 212 g/mol. The summed E-state index contributed by atoms with van der Waals surface area (Å²) in [6, 6.07) is 0. The lowest BCUT2D eigenvalue weighted by molar-refractivity contribution is 0.262. The average molecular weight is 212 g/mol. The summed E-state index contributed by atoms with van der Waals surface area (Å²) in [6.45, 7) is 11.9. The van der Waals surface area contributed by atoms with Gasteiger partial charge in [-0.05, 0) is 24.2 Å². The van der Waals surface area contributed by atoms with Crippen LogP contribution in [0.25, 0.3) is 0 Å². The van der Waals surface area contributed by atoms with E-state index in [4.69, 9.17) is 0 Å². The van der Waals surface area contributed by atoms with Gasteiger partial charge in [0.15, 0.2) is 0 Å². The molecule has 0 fully saturated rings. The van der Waals surface area contributed by atoms with Gasteiger partial charge in [-0.15, -0.1) is 0 Å². The molecule has 0 aromatic heterocycles. The van der Waals surface area contributed by atoms with Crippen LogP contribution in [0, 0.1) is 17.8 Å². The fourth-order valence-corrected chi connectivity index (χ4v) is 2.80. The second kappa shape index (κ2) is 9.24. The first-order chi connectivity index (χ1) is 7.15. The summed E-state index contributed by atoms with van der Waals surface area (Å²) in [5, 5.41) is 0. The lowest BCUT2D eigenvalue weighted by atomic mass is 9.81. The van der Waals surface area contributed by atoms with Crippen LogP contribution in [0.1, 0.15) is 79.6 Å². The van der Waals surface area contributed by atoms with Gasteiger partial charge in [0.25, 0.3) is 0 Å². The lowest BCUT2D eigenvalue weighted by Crippen LogP contribution is -2.14. The van der Waals surface area contributed by atoms with Gasteiger partial charge in [0.2, 0.25) is 0 Å². The zero-order valence-corrected chi connectivity index (χ0v) is 11.7. The molecule has 0 aliphatic heterocycles. The van der Waals surface area contributed by atoms with Gasteiger partial charge < -0.3 is 0 Å². The molecule has 15 heavy (non-hydrogen) atoms. The molecule has 0 heterocycles. The van der Waals surface area contributed by atoms with Crippen molar-refractivity contribution in [3.8, 4) is 0 Å². The average Bonchev–Trinajstić information content (AvgIpc) is 2.19. The fourth-order valence-electron chi connectivity index (χ4n) is 2.80. The van der Waals surface area contributed by atoms with Crippen LogP contribution in [0.2, 0.25) is 0 Å². The van der Waals surface area contributed by atoms with Gasteiger partial charge in [-0.1, -0.05) is 73.1 Å². The third-order valence-corrected chi connectivity index (χ3v) is 3.81. The molecule has 92 valence electrons. The van der Waals surface area contributed by atoms with Crippen molar-refractivity contribution in [3.63, 3.8) is 0 Å². The van der Waals surface area contributed by atoms with Crippen molar-refractivity contribution in [1.29, 1.82) is 0 Å². The van der Waals surface area contributed by atoms with E-state index in [0.717, 1.165) is 17.8 Å². The maximum Gasteiger partial charge on any atom is -0.0391 e. The molecule has 0 heteroatoms. The quantitative estimate of drug-likeness (QED) is 0.462. The maximum atomic E-state index is 2.47. The summed E-state index contributed by atoms with van der Waals surface area (Å²) < 4.78 is 0. The second-order valence-corrected chi connectivity index (χ2v) is 5.42. The first-order valence-corrected chi connectivity index (χ1v) is 7.15. The molecule has 0 saturated heterocycles. The largest absolute Gasteiger partial charge is 0.0654 e. The SMILES string of the molecule is CCCCC(CC)C(C)CC(C)CCC. The lowest BCUT2D eigenvalue weighted by Gasteiger charge is -2.25. The summed E-state index contributed by atoms with van der Waals surface area (Å²) in [6.07, 6.45) is 9.80. The van der Waals surface area contributed by atoms with Gasteiger partial charge in [-0.3, -0.25) is 0 Å². The van der Waals surface area contributed by atoms with Gasteiger partial charge in [0.05, 0.1) is 0 Å². The minimum absolute atomic E-state index is 0.931. The van der Waals surface area contributed by atoms with E-state index in [1.165, 1.54) is 44.9 Å². The fraction of sp³-hybridized carbons (Fsp3) is 1.00. The van der Waals surface area contributed by atoms with Crippen molar-refractivity contribution < 1.29 is 0 Å². The van der Waals surface area contributed by atoms with Crippen molar-refractivity contribution in [2.75, 3.05) is 0 Å². The van der Waals surface area contributed by atoms with Crippen LogP contribution in [-0.2, 0) is 0 Å². The molecule has 0 rings (SSSR count). The molecule has 0 aliphatic carbocycles. The van der Waals surface area contributed by atoms with Crippen LogP contribution in [0.15, 0.2) is 0 Å². The van der Waals surface area contributed by atoms with Crippen LogP contribution in [0.5, 0.6) is 0 Å². The predicted molar refractivity (Wildman–Crippen MR) is 71.2 cm³/mol. The van der Waals surface area contributed by atoms with Crippen molar-refractivity contribution in [3.05, 3.63) is 0 Å². The Kier molecular flexibility index (Phi) is 9.24. The Balaban J connectivity index is 3.85. The van der Waals surface area contributed by atoms with Gasteiger partial charge >= 0.3 is 0 Å². The van der Waals surface area contributed by atoms with Crippen LogP contribution in [0.3, 0.4) is 0 Å². The highest BCUT2D eigenvalue weighted by molar-refractivity contribution is 4.68. The van der Waals surface area contributed by atoms with Crippen LogP contribution >= 0.6 is 0 Å². The molecule has 0 aromatic rings. The summed E-state index contributed by atoms with van der Waals surface area (Å²) in [7, 11) is 0. The third-order valence-electron chi connectivity index (χ3n) is 3.81. The minimum atomic E-state index is 0.931. The van der Waals surface area contributed by atoms with E-state index in [2.05, 4.69) is 34.6 Å². The minimum Gasteiger partial charge on any atom is -0.0654 e. The Bertz CT molecular complexity index is 128. The van der Waals surface area contributed by atoms with Gasteiger partial charge in [0, 0.05) is 0 Å². The molecule has 0 amide bonds. The zero-order chi connectivity index (χ0) is 11.7. The standard InChI is InChI=1S/C15H32/c1-6-9-11-15(8-3)14(5)12-13(4)10-7-2/h13-15H,6-12H2,1-5H3. The van der Waals surface area contributed by atoms with E-state index in [0.29, 0.717) is 0 Å². The first kappa shape index (κ1) is 15.0. The highest BCUT2D eigenvalue weighted by atomic mass is 14.2. The number of hydrogen-bond donors (Lipinski definition) is 0. The Morgan fingerprint density at radius 1 is 0.867 bits per heavy atom.